The van der Waals surface area contributed by atoms with Gasteiger partial charge in [-0.2, -0.15) is 0 Å². The zero-order chi connectivity index (χ0) is 25.3. The number of fused-ring (bicyclic) bond motifs is 3. The molecule has 0 aliphatic heterocycles. The molecule has 3 aromatic rings. The number of ether oxygens (including phenoxy) is 1. The van der Waals surface area contributed by atoms with Crippen LogP contribution >= 0.6 is 0 Å². The van der Waals surface area contributed by atoms with Gasteiger partial charge in [-0.25, -0.2) is 0 Å². The van der Waals surface area contributed by atoms with Crippen LogP contribution in [0.2, 0.25) is 0 Å². The minimum Gasteiger partial charge on any atom is -0.496 e. The lowest BCUT2D eigenvalue weighted by atomic mass is 9.54. The molecule has 4 heteroatoms. The monoisotopic (exact) mass is 484 g/mol. The lowest BCUT2D eigenvalue weighted by Gasteiger charge is -2.51. The van der Waals surface area contributed by atoms with Gasteiger partial charge in [0.25, 0.3) is 5.91 Å². The predicted molar refractivity (Wildman–Crippen MR) is 149 cm³/mol. The molecule has 4 atom stereocenters. The Balaban J connectivity index is 1.51. The van der Waals surface area contributed by atoms with E-state index in [1.54, 1.807) is 0 Å². The first-order valence-electron chi connectivity index (χ1n) is 13.7. The van der Waals surface area contributed by atoms with E-state index in [9.17, 15) is 4.79 Å². The largest absolute Gasteiger partial charge is 0.496 e. The van der Waals surface area contributed by atoms with Crippen LogP contribution < -0.4 is 15.8 Å². The van der Waals surface area contributed by atoms with Gasteiger partial charge in [0, 0.05) is 24.2 Å². The molecule has 2 saturated carbocycles. The lowest BCUT2D eigenvalue weighted by molar-refractivity contribution is 0.0686. The topological polar surface area (TPSA) is 64.4 Å². The van der Waals surface area contributed by atoms with Gasteiger partial charge in [-0.15, -0.1) is 0 Å². The second-order valence-corrected chi connectivity index (χ2v) is 11.3. The first-order chi connectivity index (χ1) is 17.4. The van der Waals surface area contributed by atoms with Crippen molar-refractivity contribution in [1.29, 1.82) is 0 Å². The van der Waals surface area contributed by atoms with Crippen LogP contribution in [-0.2, 0) is 5.41 Å². The number of hydrogen-bond acceptors (Lipinski definition) is 3. The van der Waals surface area contributed by atoms with Gasteiger partial charge in [0.15, 0.2) is 0 Å². The predicted octanol–water partition coefficient (Wildman–Crippen LogP) is 6.70. The van der Waals surface area contributed by atoms with Crippen LogP contribution in [0.4, 0.5) is 0 Å². The Morgan fingerprint density at radius 1 is 1.00 bits per heavy atom. The summed E-state index contributed by atoms with van der Waals surface area (Å²) in [7, 11) is 1.82. The first-order valence-corrected chi connectivity index (χ1v) is 13.7. The van der Waals surface area contributed by atoms with Crippen molar-refractivity contribution in [2.45, 2.75) is 57.8 Å². The van der Waals surface area contributed by atoms with Crippen LogP contribution in [0.3, 0.4) is 0 Å². The van der Waals surface area contributed by atoms with E-state index in [2.05, 4.69) is 55.6 Å². The molecule has 4 unspecified atom stereocenters. The zero-order valence-corrected chi connectivity index (χ0v) is 22.0. The number of nitrogens with one attached hydrogen (secondary N) is 1. The van der Waals surface area contributed by atoms with E-state index in [1.807, 2.05) is 25.3 Å². The Bertz CT molecular complexity index is 1250. The summed E-state index contributed by atoms with van der Waals surface area (Å²) in [4.78, 5) is 12.4. The highest BCUT2D eigenvalue weighted by molar-refractivity contribution is 5.99. The van der Waals surface area contributed by atoms with Crippen molar-refractivity contribution < 1.29 is 9.53 Å². The fourth-order valence-corrected chi connectivity index (χ4v) is 7.29. The normalized spacial score (nSPS) is 25.5. The zero-order valence-electron chi connectivity index (χ0n) is 22.0. The highest BCUT2D eigenvalue weighted by atomic mass is 16.5. The third kappa shape index (κ3) is 4.76. The minimum atomic E-state index is -0.0802. The summed E-state index contributed by atoms with van der Waals surface area (Å²) in [5.74, 6) is 3.35. The Morgan fingerprint density at radius 2 is 1.75 bits per heavy atom. The molecule has 0 aromatic heterocycles. The highest BCUT2D eigenvalue weighted by Gasteiger charge is 2.47. The number of carbonyl (C=O) groups is 1. The van der Waals surface area contributed by atoms with Gasteiger partial charge in [-0.1, -0.05) is 44.5 Å². The van der Waals surface area contributed by atoms with Crippen LogP contribution in [-0.4, -0.2) is 26.1 Å². The minimum absolute atomic E-state index is 0.0802. The third-order valence-electron chi connectivity index (χ3n) is 8.71. The van der Waals surface area contributed by atoms with Gasteiger partial charge >= 0.3 is 0 Å². The van der Waals surface area contributed by atoms with Crippen molar-refractivity contribution in [2.75, 3.05) is 20.2 Å². The molecule has 0 saturated heterocycles. The van der Waals surface area contributed by atoms with E-state index in [-0.39, 0.29) is 11.3 Å². The van der Waals surface area contributed by atoms with E-state index < -0.39 is 0 Å². The quantitative estimate of drug-likeness (QED) is 0.392. The van der Waals surface area contributed by atoms with E-state index in [4.69, 9.17) is 10.5 Å². The molecule has 0 spiro atoms. The molecule has 3 N–H and O–H groups in total. The molecule has 190 valence electrons. The molecule has 3 aromatic carbocycles. The number of carbonyl (C=O) groups excluding carboxylic acids is 1. The van der Waals surface area contributed by atoms with Crippen molar-refractivity contribution in [2.24, 2.45) is 23.5 Å². The second-order valence-electron chi connectivity index (χ2n) is 11.3. The number of amides is 1. The molecule has 1 amide bonds. The standard InChI is InChI=1S/C32H40N2O2/c1-4-22-14-23-13-21(2)18-32(19-22,20-23)29-17-27(9-10-30(29)36-3)25-5-6-26-16-28(8-7-24(26)15-25)31(35)34-12-11-33/h5-10,15-17,21-23H,4,11-14,18-20,33H2,1-3H3,(H,34,35). The highest BCUT2D eigenvalue weighted by Crippen LogP contribution is 2.56. The third-order valence-corrected chi connectivity index (χ3v) is 8.71. The smallest absolute Gasteiger partial charge is 0.251 e. The summed E-state index contributed by atoms with van der Waals surface area (Å²) < 4.78 is 5.97. The molecule has 2 aliphatic rings. The van der Waals surface area contributed by atoms with Crippen molar-refractivity contribution in [3.63, 3.8) is 0 Å². The van der Waals surface area contributed by atoms with Gasteiger partial charge in [0.05, 0.1) is 7.11 Å². The molecule has 36 heavy (non-hydrogen) atoms. The lowest BCUT2D eigenvalue weighted by Crippen LogP contribution is -2.43. The van der Waals surface area contributed by atoms with Crippen molar-refractivity contribution >= 4 is 16.7 Å². The summed E-state index contributed by atoms with van der Waals surface area (Å²) in [6.45, 7) is 5.72. The number of rotatable bonds is 7. The summed E-state index contributed by atoms with van der Waals surface area (Å²) in [5, 5.41) is 5.05. The Hall–Kier alpha value is -2.85. The second kappa shape index (κ2) is 10.3. The number of nitrogens with two attached hydrogens (primary N) is 1. The average molecular weight is 485 g/mol. The summed E-state index contributed by atoms with van der Waals surface area (Å²) in [6, 6.07) is 19.2. The van der Waals surface area contributed by atoms with Gasteiger partial charge in [0.1, 0.15) is 5.75 Å². The maximum atomic E-state index is 12.4. The van der Waals surface area contributed by atoms with Crippen LogP contribution in [0.15, 0.2) is 54.6 Å². The molecule has 4 nitrogen and oxygen atoms in total. The number of hydrogen-bond donors (Lipinski definition) is 2. The number of benzene rings is 3. The van der Waals surface area contributed by atoms with E-state index in [0.29, 0.717) is 18.7 Å². The average Bonchev–Trinajstić information content (AvgIpc) is 2.89. The van der Waals surface area contributed by atoms with Crippen LogP contribution in [0.25, 0.3) is 21.9 Å². The van der Waals surface area contributed by atoms with Crippen LogP contribution in [0, 0.1) is 17.8 Å². The molecular formula is C32H40N2O2. The van der Waals surface area contributed by atoms with E-state index >= 15 is 0 Å². The van der Waals surface area contributed by atoms with Crippen LogP contribution in [0.5, 0.6) is 5.75 Å². The van der Waals surface area contributed by atoms with Gasteiger partial charge in [-0.05, 0) is 108 Å². The Morgan fingerprint density at radius 3 is 2.53 bits per heavy atom. The van der Waals surface area contributed by atoms with Crippen molar-refractivity contribution in [3.8, 4) is 16.9 Å². The molecule has 0 radical (unpaired) electrons. The van der Waals surface area contributed by atoms with E-state index in [0.717, 1.165) is 34.3 Å². The molecule has 0 heterocycles. The molecule has 2 aliphatic carbocycles. The maximum Gasteiger partial charge on any atom is 0.251 e. The maximum absolute atomic E-state index is 12.4. The molecule has 2 fully saturated rings. The molecular weight excluding hydrogens is 444 g/mol. The van der Waals surface area contributed by atoms with E-state index in [1.165, 1.54) is 55.2 Å². The summed E-state index contributed by atoms with van der Waals surface area (Å²) in [6.07, 6.45) is 7.86. The Kier molecular flexibility index (Phi) is 7.07. The van der Waals surface area contributed by atoms with Gasteiger partial charge in [0.2, 0.25) is 0 Å². The Labute approximate surface area is 215 Å². The van der Waals surface area contributed by atoms with Gasteiger partial charge in [-0.3, -0.25) is 4.79 Å². The SMILES string of the molecule is CCC1CC2CC(C)CC(c3cc(-c4ccc5cc(C(=O)NCCN)ccc5c4)ccc3OC)(C1)C2. The van der Waals surface area contributed by atoms with Crippen molar-refractivity contribution in [1.82, 2.24) is 5.32 Å². The summed E-state index contributed by atoms with van der Waals surface area (Å²) >= 11 is 0. The van der Waals surface area contributed by atoms with Crippen LogP contribution in [0.1, 0.15) is 68.3 Å². The fourth-order valence-electron chi connectivity index (χ4n) is 7.29. The number of methoxy groups -OCH3 is 1. The van der Waals surface area contributed by atoms with Gasteiger partial charge < -0.3 is 15.8 Å². The van der Waals surface area contributed by atoms with Crippen molar-refractivity contribution in [3.05, 3.63) is 65.7 Å². The first kappa shape index (κ1) is 24.8. The molecule has 2 bridgehead atoms. The fraction of sp³-hybridized carbons (Fsp3) is 0.469. The summed E-state index contributed by atoms with van der Waals surface area (Å²) in [5.41, 5.74) is 10.2. The molecule has 5 rings (SSSR count).